The van der Waals surface area contributed by atoms with Crippen molar-refractivity contribution in [1.82, 2.24) is 4.98 Å². The number of pyridine rings is 1. The molecule has 0 spiro atoms. The Morgan fingerprint density at radius 1 is 1.22 bits per heavy atom. The van der Waals surface area contributed by atoms with Crippen molar-refractivity contribution in [2.75, 3.05) is 0 Å². The summed E-state index contributed by atoms with van der Waals surface area (Å²) in [7, 11) is 0. The Hall–Kier alpha value is -2.23. The van der Waals surface area contributed by atoms with Crippen molar-refractivity contribution in [3.63, 3.8) is 0 Å². The number of halogens is 1. The topological polar surface area (TPSA) is 39.2 Å². The summed E-state index contributed by atoms with van der Waals surface area (Å²) in [6, 6.07) is 7.74. The highest BCUT2D eigenvalue weighted by molar-refractivity contribution is 5.97. The van der Waals surface area contributed by atoms with E-state index in [-0.39, 0.29) is 17.1 Å². The van der Waals surface area contributed by atoms with Gasteiger partial charge in [-0.05, 0) is 38.1 Å². The molecule has 4 heteroatoms. The Balaban J connectivity index is 2.44. The van der Waals surface area contributed by atoms with Crippen LogP contribution in [-0.4, -0.2) is 10.8 Å². The highest BCUT2D eigenvalue weighted by Gasteiger charge is 2.15. The average Bonchev–Trinajstić information content (AvgIpc) is 2.31. The van der Waals surface area contributed by atoms with Crippen LogP contribution >= 0.6 is 0 Å². The maximum atomic E-state index is 13.6. The molecule has 2 rings (SSSR count). The van der Waals surface area contributed by atoms with Gasteiger partial charge in [0.15, 0.2) is 5.78 Å². The molecule has 0 saturated heterocycles. The van der Waals surface area contributed by atoms with Crippen molar-refractivity contribution in [2.45, 2.75) is 13.8 Å². The maximum absolute atomic E-state index is 13.6. The first-order valence-corrected chi connectivity index (χ1v) is 5.48. The monoisotopic (exact) mass is 245 g/mol. The predicted molar refractivity (Wildman–Crippen MR) is 65.5 cm³/mol. The van der Waals surface area contributed by atoms with Crippen LogP contribution in [0.5, 0.6) is 11.5 Å². The second kappa shape index (κ2) is 4.96. The van der Waals surface area contributed by atoms with Crippen LogP contribution in [0.3, 0.4) is 0 Å². The van der Waals surface area contributed by atoms with Crippen LogP contribution in [0.1, 0.15) is 23.0 Å². The fourth-order valence-electron chi connectivity index (χ4n) is 1.63. The zero-order chi connectivity index (χ0) is 13.1. The number of carbonyl (C=O) groups is 1. The third-order valence-electron chi connectivity index (χ3n) is 2.51. The number of Topliss-reactive ketones (excluding diaryl/α,β-unsaturated/α-hetero) is 1. The zero-order valence-electron chi connectivity index (χ0n) is 10.1. The number of ketones is 1. The van der Waals surface area contributed by atoms with Crippen LogP contribution in [-0.2, 0) is 0 Å². The summed E-state index contributed by atoms with van der Waals surface area (Å²) >= 11 is 0. The van der Waals surface area contributed by atoms with E-state index in [2.05, 4.69) is 4.98 Å². The first-order chi connectivity index (χ1) is 8.59. The molecule has 3 nitrogen and oxygen atoms in total. The SMILES string of the molecule is CC(=O)c1c(F)cccc1Oc1cccnc1C. The molecule has 0 fully saturated rings. The van der Waals surface area contributed by atoms with E-state index in [9.17, 15) is 9.18 Å². The predicted octanol–water partition coefficient (Wildman–Crippen LogP) is 3.52. The van der Waals surface area contributed by atoms with Crippen LogP contribution in [0.4, 0.5) is 4.39 Å². The highest BCUT2D eigenvalue weighted by Crippen LogP contribution is 2.28. The lowest BCUT2D eigenvalue weighted by Crippen LogP contribution is -2.01. The number of nitrogens with zero attached hydrogens (tertiary/aromatic N) is 1. The second-order valence-corrected chi connectivity index (χ2v) is 3.86. The Morgan fingerprint density at radius 2 is 1.94 bits per heavy atom. The largest absolute Gasteiger partial charge is 0.455 e. The van der Waals surface area contributed by atoms with Gasteiger partial charge in [-0.1, -0.05) is 6.07 Å². The van der Waals surface area contributed by atoms with Crippen LogP contribution in [0, 0.1) is 12.7 Å². The average molecular weight is 245 g/mol. The van der Waals surface area contributed by atoms with Crippen LogP contribution in [0.2, 0.25) is 0 Å². The molecule has 1 heterocycles. The van der Waals surface area contributed by atoms with E-state index < -0.39 is 5.82 Å². The number of aryl methyl sites for hydroxylation is 1. The molecule has 0 bridgehead atoms. The van der Waals surface area contributed by atoms with Crippen molar-refractivity contribution >= 4 is 5.78 Å². The van der Waals surface area contributed by atoms with Crippen molar-refractivity contribution in [1.29, 1.82) is 0 Å². The van der Waals surface area contributed by atoms with Crippen molar-refractivity contribution < 1.29 is 13.9 Å². The third-order valence-corrected chi connectivity index (χ3v) is 2.51. The fraction of sp³-hybridized carbons (Fsp3) is 0.143. The van der Waals surface area contributed by atoms with Gasteiger partial charge >= 0.3 is 0 Å². The molecule has 0 aliphatic rings. The number of benzene rings is 1. The Kier molecular flexibility index (Phi) is 3.37. The van der Waals surface area contributed by atoms with Crippen LogP contribution in [0.15, 0.2) is 36.5 Å². The van der Waals surface area contributed by atoms with Crippen LogP contribution in [0.25, 0.3) is 0 Å². The Labute approximate surface area is 104 Å². The molecule has 0 aliphatic heterocycles. The normalized spacial score (nSPS) is 10.2. The Bertz CT molecular complexity index is 596. The number of aromatic nitrogens is 1. The molecule has 0 radical (unpaired) electrons. The first-order valence-electron chi connectivity index (χ1n) is 5.48. The molecule has 0 N–H and O–H groups in total. The summed E-state index contributed by atoms with van der Waals surface area (Å²) in [5.74, 6) is -0.240. The summed E-state index contributed by atoms with van der Waals surface area (Å²) in [6.07, 6.45) is 1.64. The fourth-order valence-corrected chi connectivity index (χ4v) is 1.63. The first kappa shape index (κ1) is 12.2. The summed E-state index contributed by atoms with van der Waals surface area (Å²) in [5, 5.41) is 0. The molecular weight excluding hydrogens is 233 g/mol. The lowest BCUT2D eigenvalue weighted by molar-refractivity contribution is 0.101. The van der Waals surface area contributed by atoms with Crippen molar-refractivity contribution in [3.05, 3.63) is 53.6 Å². The van der Waals surface area contributed by atoms with E-state index in [0.717, 1.165) is 0 Å². The zero-order valence-corrected chi connectivity index (χ0v) is 10.1. The van der Waals surface area contributed by atoms with E-state index in [0.29, 0.717) is 11.4 Å². The molecule has 2 aromatic rings. The minimum Gasteiger partial charge on any atom is -0.455 e. The molecule has 0 amide bonds. The third kappa shape index (κ3) is 2.37. The molecule has 1 aromatic heterocycles. The lowest BCUT2D eigenvalue weighted by atomic mass is 10.1. The number of rotatable bonds is 3. The van der Waals surface area contributed by atoms with Gasteiger partial charge in [-0.25, -0.2) is 4.39 Å². The van der Waals surface area contributed by atoms with E-state index in [1.165, 1.54) is 19.1 Å². The van der Waals surface area contributed by atoms with E-state index >= 15 is 0 Å². The summed E-state index contributed by atoms with van der Waals surface area (Å²) in [4.78, 5) is 15.5. The van der Waals surface area contributed by atoms with Gasteiger partial charge in [0, 0.05) is 6.20 Å². The van der Waals surface area contributed by atoms with Gasteiger partial charge in [0.2, 0.25) is 0 Å². The van der Waals surface area contributed by atoms with E-state index in [1.807, 2.05) is 0 Å². The summed E-state index contributed by atoms with van der Waals surface area (Å²) in [5.41, 5.74) is 0.636. The van der Waals surface area contributed by atoms with Gasteiger partial charge < -0.3 is 4.74 Å². The molecule has 0 unspecified atom stereocenters. The molecule has 0 atom stereocenters. The molecule has 92 valence electrons. The molecular formula is C14H12FNO2. The van der Waals surface area contributed by atoms with Gasteiger partial charge in [0.25, 0.3) is 0 Å². The molecule has 18 heavy (non-hydrogen) atoms. The number of ether oxygens (including phenoxy) is 1. The standard InChI is InChI=1S/C14H12FNO2/c1-9-12(7-4-8-16-9)18-13-6-3-5-11(15)14(13)10(2)17/h3-8H,1-2H3. The Morgan fingerprint density at radius 3 is 2.61 bits per heavy atom. The smallest absolute Gasteiger partial charge is 0.166 e. The molecule has 0 aliphatic carbocycles. The lowest BCUT2D eigenvalue weighted by Gasteiger charge is -2.11. The van der Waals surface area contributed by atoms with Gasteiger partial charge in [-0.15, -0.1) is 0 Å². The van der Waals surface area contributed by atoms with Gasteiger partial charge in [-0.2, -0.15) is 0 Å². The van der Waals surface area contributed by atoms with E-state index in [1.54, 1.807) is 31.3 Å². The minimum absolute atomic E-state index is 0.0410. The van der Waals surface area contributed by atoms with Gasteiger partial charge in [-0.3, -0.25) is 9.78 Å². The number of hydrogen-bond donors (Lipinski definition) is 0. The van der Waals surface area contributed by atoms with Crippen LogP contribution < -0.4 is 4.74 Å². The summed E-state index contributed by atoms with van der Waals surface area (Å²) < 4.78 is 19.1. The van der Waals surface area contributed by atoms with E-state index in [4.69, 9.17) is 4.74 Å². The maximum Gasteiger partial charge on any atom is 0.166 e. The van der Waals surface area contributed by atoms with Gasteiger partial charge in [0.05, 0.1) is 11.3 Å². The minimum atomic E-state index is -0.582. The quantitative estimate of drug-likeness (QED) is 0.776. The van der Waals surface area contributed by atoms with Crippen molar-refractivity contribution in [3.8, 4) is 11.5 Å². The molecule has 0 saturated carbocycles. The van der Waals surface area contributed by atoms with Gasteiger partial charge in [0.1, 0.15) is 17.3 Å². The summed E-state index contributed by atoms with van der Waals surface area (Å²) in [6.45, 7) is 3.09. The molecule has 1 aromatic carbocycles. The number of carbonyl (C=O) groups excluding carboxylic acids is 1. The number of hydrogen-bond acceptors (Lipinski definition) is 3. The second-order valence-electron chi connectivity index (χ2n) is 3.86. The highest BCUT2D eigenvalue weighted by atomic mass is 19.1. The van der Waals surface area contributed by atoms with Crippen molar-refractivity contribution in [2.24, 2.45) is 0 Å².